The van der Waals surface area contributed by atoms with Crippen molar-refractivity contribution in [2.75, 3.05) is 0 Å². The van der Waals surface area contributed by atoms with Crippen molar-refractivity contribution in [2.24, 2.45) is 22.7 Å². The lowest BCUT2D eigenvalue weighted by atomic mass is 9.69. The molecule has 6 rings (SSSR count). The van der Waals surface area contributed by atoms with Crippen LogP contribution in [0.2, 0.25) is 0 Å². The summed E-state index contributed by atoms with van der Waals surface area (Å²) in [7, 11) is 0. The van der Waals surface area contributed by atoms with Gasteiger partial charge in [-0.05, 0) is 90.5 Å². The molecule has 0 saturated carbocycles. The number of rotatable bonds is 18. The lowest BCUT2D eigenvalue weighted by molar-refractivity contribution is -0.348. The zero-order valence-corrected chi connectivity index (χ0v) is 38.4. The quantitative estimate of drug-likeness (QED) is 0.0402. The summed E-state index contributed by atoms with van der Waals surface area (Å²) in [5, 5.41) is 0. The standard InChI is InChI=1S/C53H56O13/c1-48(2,39-23-13-9-14-24-39)63-59-44(55)52(45(56)60-64-49(3,4)40-25-15-10-16-26-40)34-31-37(32-35-52)43(54)38-22-21-33-53(36-38,46(57)61-65-50(5,6)41-27-17-11-18-28-41)47(58)62-66-51(7,8)42-29-19-12-20-30-42/h9-32,34-35,37-38H,33,36H2,1-8H3. The number of hydrogen-bond acceptors (Lipinski definition) is 13. The predicted molar refractivity (Wildman–Crippen MR) is 240 cm³/mol. The van der Waals surface area contributed by atoms with Crippen LogP contribution in [0, 0.1) is 22.7 Å². The van der Waals surface area contributed by atoms with E-state index in [1.165, 1.54) is 30.4 Å². The van der Waals surface area contributed by atoms with E-state index in [9.17, 15) is 24.0 Å². The first kappa shape index (κ1) is 48.9. The zero-order valence-electron chi connectivity index (χ0n) is 38.4. The Morgan fingerprint density at radius 2 is 0.742 bits per heavy atom. The number of hydrogen-bond donors (Lipinski definition) is 0. The van der Waals surface area contributed by atoms with Crippen molar-refractivity contribution in [3.8, 4) is 0 Å². The van der Waals surface area contributed by atoms with Crippen LogP contribution in [-0.4, -0.2) is 29.7 Å². The molecule has 0 amide bonds. The van der Waals surface area contributed by atoms with Crippen LogP contribution in [0.3, 0.4) is 0 Å². The summed E-state index contributed by atoms with van der Waals surface area (Å²) >= 11 is 0. The Bertz CT molecular complexity index is 2280. The fourth-order valence-electron chi connectivity index (χ4n) is 7.41. The molecule has 66 heavy (non-hydrogen) atoms. The number of ketones is 1. The topological polar surface area (TPSA) is 159 Å². The van der Waals surface area contributed by atoms with E-state index in [1.807, 2.05) is 24.3 Å². The average Bonchev–Trinajstić information content (AvgIpc) is 3.34. The smallest absolute Gasteiger partial charge is 0.298 e. The van der Waals surface area contributed by atoms with Gasteiger partial charge in [-0.25, -0.2) is 19.2 Å². The van der Waals surface area contributed by atoms with Crippen LogP contribution in [0.1, 0.15) is 90.5 Å². The fraction of sp³-hybridized carbons (Fsp3) is 0.340. The van der Waals surface area contributed by atoms with Crippen molar-refractivity contribution >= 4 is 29.7 Å². The highest BCUT2D eigenvalue weighted by molar-refractivity contribution is 6.05. The highest BCUT2D eigenvalue weighted by Gasteiger charge is 2.55. The van der Waals surface area contributed by atoms with E-state index in [0.717, 1.165) is 0 Å². The third-order valence-electron chi connectivity index (χ3n) is 11.9. The van der Waals surface area contributed by atoms with Crippen molar-refractivity contribution in [3.05, 3.63) is 180 Å². The monoisotopic (exact) mass is 900 g/mol. The highest BCUT2D eigenvalue weighted by atomic mass is 17.2. The van der Waals surface area contributed by atoms with E-state index in [4.69, 9.17) is 39.1 Å². The maximum absolute atomic E-state index is 14.5. The lowest BCUT2D eigenvalue weighted by Crippen LogP contribution is -2.47. The van der Waals surface area contributed by atoms with E-state index < -0.39 is 81.2 Å². The van der Waals surface area contributed by atoms with E-state index in [1.54, 1.807) is 159 Å². The summed E-state index contributed by atoms with van der Waals surface area (Å²) in [6, 6.07) is 36.1. The summed E-state index contributed by atoms with van der Waals surface area (Å²) < 4.78 is 0. The van der Waals surface area contributed by atoms with Crippen LogP contribution in [-0.2, 0) is 85.5 Å². The number of Topliss-reactive ketones (excluding diaryl/α,β-unsaturated/α-hetero) is 1. The Labute approximate surface area is 385 Å². The molecule has 13 nitrogen and oxygen atoms in total. The number of allylic oxidation sites excluding steroid dienone is 4. The molecule has 346 valence electrons. The molecule has 0 aromatic heterocycles. The summed E-state index contributed by atoms with van der Waals surface area (Å²) in [6.45, 7) is 13.5. The van der Waals surface area contributed by atoms with Crippen LogP contribution >= 0.6 is 0 Å². The van der Waals surface area contributed by atoms with Crippen LogP contribution in [0.15, 0.2) is 158 Å². The Morgan fingerprint density at radius 1 is 0.439 bits per heavy atom. The first-order valence-corrected chi connectivity index (χ1v) is 21.6. The molecule has 2 aliphatic rings. The Morgan fingerprint density at radius 3 is 1.06 bits per heavy atom. The lowest BCUT2D eigenvalue weighted by Gasteiger charge is -2.35. The van der Waals surface area contributed by atoms with Gasteiger partial charge in [0.15, 0.2) is 5.41 Å². The summed E-state index contributed by atoms with van der Waals surface area (Å²) in [4.78, 5) is 115. The second-order valence-electron chi connectivity index (χ2n) is 18.4. The minimum Gasteiger partial charge on any atom is -0.298 e. The van der Waals surface area contributed by atoms with Crippen molar-refractivity contribution in [3.63, 3.8) is 0 Å². The molecule has 0 saturated heterocycles. The molecule has 0 radical (unpaired) electrons. The molecule has 1 unspecified atom stereocenters. The zero-order chi connectivity index (χ0) is 47.8. The average molecular weight is 901 g/mol. The van der Waals surface area contributed by atoms with E-state index in [2.05, 4.69) is 0 Å². The van der Waals surface area contributed by atoms with Gasteiger partial charge in [-0.15, -0.1) is 0 Å². The number of benzene rings is 4. The third-order valence-corrected chi connectivity index (χ3v) is 11.9. The predicted octanol–water partition coefficient (Wildman–Crippen LogP) is 9.88. The summed E-state index contributed by atoms with van der Waals surface area (Å²) in [5.74, 6) is -7.19. The second kappa shape index (κ2) is 19.9. The van der Waals surface area contributed by atoms with E-state index in [0.29, 0.717) is 22.3 Å². The van der Waals surface area contributed by atoms with Crippen LogP contribution in [0.4, 0.5) is 0 Å². The molecular formula is C53H56O13. The molecule has 2 aliphatic carbocycles. The second-order valence-corrected chi connectivity index (χ2v) is 18.4. The van der Waals surface area contributed by atoms with Crippen molar-refractivity contribution in [1.29, 1.82) is 0 Å². The van der Waals surface area contributed by atoms with Gasteiger partial charge in [0.1, 0.15) is 28.2 Å². The van der Waals surface area contributed by atoms with Gasteiger partial charge >= 0.3 is 23.9 Å². The minimum absolute atomic E-state index is 0.214. The molecule has 0 bridgehead atoms. The molecule has 0 aliphatic heterocycles. The molecule has 4 aromatic rings. The first-order valence-electron chi connectivity index (χ1n) is 21.6. The Balaban J connectivity index is 1.25. The van der Waals surface area contributed by atoms with Crippen LogP contribution in [0.5, 0.6) is 0 Å². The largest absolute Gasteiger partial charge is 0.367 e. The maximum atomic E-state index is 14.5. The molecular weight excluding hydrogens is 845 g/mol. The number of carbonyl (C=O) groups excluding carboxylic acids is 5. The van der Waals surface area contributed by atoms with Gasteiger partial charge in [0.2, 0.25) is 5.41 Å². The summed E-state index contributed by atoms with van der Waals surface area (Å²) in [5.41, 5.74) is -6.18. The molecule has 0 spiro atoms. The molecule has 4 aromatic carbocycles. The Hall–Kier alpha value is -6.51. The van der Waals surface area contributed by atoms with E-state index >= 15 is 0 Å². The van der Waals surface area contributed by atoms with Crippen molar-refractivity contribution in [2.45, 2.75) is 90.6 Å². The van der Waals surface area contributed by atoms with E-state index in [-0.39, 0.29) is 6.42 Å². The maximum Gasteiger partial charge on any atom is 0.367 e. The van der Waals surface area contributed by atoms with Gasteiger partial charge in [0.05, 0.1) is 5.92 Å². The highest BCUT2D eigenvalue weighted by Crippen LogP contribution is 2.43. The molecule has 1 atom stereocenters. The van der Waals surface area contributed by atoms with Gasteiger partial charge in [0, 0.05) is 5.92 Å². The van der Waals surface area contributed by atoms with Gasteiger partial charge in [-0.2, -0.15) is 19.6 Å². The van der Waals surface area contributed by atoms with Gasteiger partial charge in [-0.3, -0.25) is 24.3 Å². The van der Waals surface area contributed by atoms with Gasteiger partial charge in [-0.1, -0.05) is 158 Å². The SMILES string of the molecule is CC(C)(OOC(=O)C1(C(=O)OOC(C)(C)c2ccccc2)C=CC(C(=O)C2C=CCC(C(=O)OOC(C)(C)c3ccccc3)(C(=O)OOC(C)(C)c3ccccc3)C2)C=C1)c1ccccc1. The van der Waals surface area contributed by atoms with Crippen molar-refractivity contribution in [1.82, 2.24) is 0 Å². The van der Waals surface area contributed by atoms with Crippen LogP contribution in [0.25, 0.3) is 0 Å². The first-order chi connectivity index (χ1) is 31.2. The molecule has 0 N–H and O–H groups in total. The molecule has 0 heterocycles. The normalized spacial score (nSPS) is 17.1. The van der Waals surface area contributed by atoms with Gasteiger partial charge in [0.25, 0.3) is 0 Å². The number of carbonyl (C=O) groups is 5. The van der Waals surface area contributed by atoms with Crippen LogP contribution < -0.4 is 0 Å². The molecule has 0 fully saturated rings. The summed E-state index contributed by atoms with van der Waals surface area (Å²) in [6.07, 6.45) is 7.53. The molecule has 13 heteroatoms. The minimum atomic E-state index is -2.28. The third kappa shape index (κ3) is 10.9. The van der Waals surface area contributed by atoms with Crippen molar-refractivity contribution < 1.29 is 63.1 Å². The Kier molecular flexibility index (Phi) is 14.8. The van der Waals surface area contributed by atoms with Gasteiger partial charge < -0.3 is 0 Å². The fourth-order valence-corrected chi connectivity index (χ4v) is 7.41.